The summed E-state index contributed by atoms with van der Waals surface area (Å²) in [6, 6.07) is 9.10. The number of halogens is 2. The number of hydrogen-bond acceptors (Lipinski definition) is 3. The third-order valence-electron chi connectivity index (χ3n) is 3.08. The highest BCUT2D eigenvalue weighted by atomic mass is 35.5. The van der Waals surface area contributed by atoms with Crippen molar-refractivity contribution in [3.05, 3.63) is 50.9 Å². The van der Waals surface area contributed by atoms with Gasteiger partial charge >= 0.3 is 0 Å². The molecule has 0 saturated heterocycles. The highest BCUT2D eigenvalue weighted by molar-refractivity contribution is 7.16. The third kappa shape index (κ3) is 3.72. The van der Waals surface area contributed by atoms with Gasteiger partial charge in [-0.3, -0.25) is 0 Å². The van der Waals surface area contributed by atoms with E-state index in [-0.39, 0.29) is 5.82 Å². The zero-order chi connectivity index (χ0) is 14.5. The van der Waals surface area contributed by atoms with Gasteiger partial charge in [-0.1, -0.05) is 24.6 Å². The number of thiophene rings is 1. The first-order chi connectivity index (χ1) is 9.61. The molecule has 0 saturated carbocycles. The van der Waals surface area contributed by atoms with E-state index in [1.54, 1.807) is 17.4 Å². The molecule has 2 aromatic rings. The van der Waals surface area contributed by atoms with E-state index in [0.717, 1.165) is 28.0 Å². The van der Waals surface area contributed by atoms with Gasteiger partial charge in [-0.05, 0) is 30.8 Å². The number of hydrogen-bond donors (Lipinski definition) is 1. The van der Waals surface area contributed by atoms with Gasteiger partial charge < -0.3 is 10.2 Å². The molecule has 0 aliphatic rings. The second-order valence-corrected chi connectivity index (χ2v) is 6.38. The lowest BCUT2D eigenvalue weighted by molar-refractivity contribution is 0.592. The molecule has 0 aliphatic heterocycles. The van der Waals surface area contributed by atoms with E-state index in [4.69, 9.17) is 11.6 Å². The van der Waals surface area contributed by atoms with Crippen molar-refractivity contribution in [2.24, 2.45) is 0 Å². The van der Waals surface area contributed by atoms with Gasteiger partial charge in [-0.15, -0.1) is 11.3 Å². The number of nitrogens with zero attached hydrogens (tertiary/aromatic N) is 1. The van der Waals surface area contributed by atoms with E-state index in [9.17, 15) is 4.39 Å². The average Bonchev–Trinajstić information content (AvgIpc) is 2.82. The fourth-order valence-electron chi connectivity index (χ4n) is 2.09. The molecule has 108 valence electrons. The number of nitrogens with one attached hydrogen (secondary N) is 1. The van der Waals surface area contributed by atoms with Gasteiger partial charge in [-0.25, -0.2) is 4.39 Å². The summed E-state index contributed by atoms with van der Waals surface area (Å²) in [4.78, 5) is 3.22. The molecule has 0 amide bonds. The zero-order valence-corrected chi connectivity index (χ0v) is 13.2. The van der Waals surface area contributed by atoms with E-state index in [1.165, 1.54) is 6.07 Å². The zero-order valence-electron chi connectivity index (χ0n) is 11.6. The summed E-state index contributed by atoms with van der Waals surface area (Å²) in [7, 11) is 1.97. The van der Waals surface area contributed by atoms with Gasteiger partial charge in [0.05, 0.1) is 10.9 Å². The Labute approximate surface area is 128 Å². The van der Waals surface area contributed by atoms with Crippen molar-refractivity contribution in [1.82, 2.24) is 5.32 Å². The summed E-state index contributed by atoms with van der Waals surface area (Å²) >= 11 is 7.50. The maximum Gasteiger partial charge on any atom is 0.129 e. The quantitative estimate of drug-likeness (QED) is 0.856. The highest BCUT2D eigenvalue weighted by Gasteiger charge is 2.12. The van der Waals surface area contributed by atoms with E-state index >= 15 is 0 Å². The Balaban J connectivity index is 2.20. The standard InChI is InChI=1S/C15H18ClFN2S/c1-3-18-9-12-13(17)5-4-6-14(12)19(2)10-11-7-8-15(16)20-11/h4-8,18H,3,9-10H2,1-2H3. The number of rotatable bonds is 6. The van der Waals surface area contributed by atoms with Crippen molar-refractivity contribution < 1.29 is 4.39 Å². The highest BCUT2D eigenvalue weighted by Crippen LogP contribution is 2.27. The topological polar surface area (TPSA) is 15.3 Å². The van der Waals surface area contributed by atoms with E-state index in [0.29, 0.717) is 12.1 Å². The SMILES string of the molecule is CCNCc1c(F)cccc1N(C)Cc1ccc(Cl)s1. The third-order valence-corrected chi connectivity index (χ3v) is 4.29. The molecule has 0 bridgehead atoms. The number of anilines is 1. The van der Waals surface area contributed by atoms with E-state index < -0.39 is 0 Å². The first-order valence-corrected chi connectivity index (χ1v) is 7.74. The minimum atomic E-state index is -0.167. The van der Waals surface area contributed by atoms with Gasteiger partial charge in [0.1, 0.15) is 5.82 Å². The summed E-state index contributed by atoms with van der Waals surface area (Å²) in [5, 5.41) is 3.18. The van der Waals surface area contributed by atoms with Crippen LogP contribution in [0.1, 0.15) is 17.4 Å². The molecule has 0 spiro atoms. The van der Waals surface area contributed by atoms with Gasteiger partial charge in [0.2, 0.25) is 0 Å². The van der Waals surface area contributed by atoms with Crippen molar-refractivity contribution in [1.29, 1.82) is 0 Å². The van der Waals surface area contributed by atoms with Crippen LogP contribution in [0.4, 0.5) is 10.1 Å². The van der Waals surface area contributed by atoms with Crippen LogP contribution in [0.2, 0.25) is 4.34 Å². The van der Waals surface area contributed by atoms with Crippen LogP contribution in [-0.2, 0) is 13.1 Å². The van der Waals surface area contributed by atoms with Crippen LogP contribution in [0.5, 0.6) is 0 Å². The minimum Gasteiger partial charge on any atom is -0.369 e. The summed E-state index contributed by atoms with van der Waals surface area (Å²) in [5.41, 5.74) is 1.62. The summed E-state index contributed by atoms with van der Waals surface area (Å²) in [6.07, 6.45) is 0. The molecule has 0 radical (unpaired) electrons. The molecular formula is C15H18ClFN2S. The van der Waals surface area contributed by atoms with Gasteiger partial charge in [0, 0.05) is 29.7 Å². The van der Waals surface area contributed by atoms with Gasteiger partial charge in [-0.2, -0.15) is 0 Å². The van der Waals surface area contributed by atoms with Crippen molar-refractivity contribution in [3.63, 3.8) is 0 Å². The summed E-state index contributed by atoms with van der Waals surface area (Å²) in [5.74, 6) is -0.167. The van der Waals surface area contributed by atoms with Crippen LogP contribution in [0.25, 0.3) is 0 Å². The van der Waals surface area contributed by atoms with Gasteiger partial charge in [0.15, 0.2) is 0 Å². The Kier molecular flexibility index (Phi) is 5.40. The molecule has 5 heteroatoms. The molecule has 0 atom stereocenters. The molecule has 0 aliphatic carbocycles. The largest absolute Gasteiger partial charge is 0.369 e. The maximum atomic E-state index is 14.0. The fourth-order valence-corrected chi connectivity index (χ4v) is 3.23. The lowest BCUT2D eigenvalue weighted by Gasteiger charge is -2.22. The minimum absolute atomic E-state index is 0.167. The second-order valence-electron chi connectivity index (χ2n) is 4.58. The fraction of sp³-hybridized carbons (Fsp3) is 0.333. The Hall–Kier alpha value is -1.10. The Morgan fingerprint density at radius 1 is 1.30 bits per heavy atom. The molecular weight excluding hydrogens is 295 g/mol. The molecule has 1 aromatic carbocycles. The van der Waals surface area contributed by atoms with Crippen LogP contribution in [0, 0.1) is 5.82 Å². The molecule has 1 heterocycles. The Bertz CT molecular complexity index is 571. The first kappa shape index (κ1) is 15.3. The lowest BCUT2D eigenvalue weighted by Crippen LogP contribution is -2.21. The predicted molar refractivity (Wildman–Crippen MR) is 85.2 cm³/mol. The normalized spacial score (nSPS) is 10.8. The Morgan fingerprint density at radius 3 is 2.75 bits per heavy atom. The van der Waals surface area contributed by atoms with Crippen molar-refractivity contribution in [3.8, 4) is 0 Å². The average molecular weight is 313 g/mol. The van der Waals surface area contributed by atoms with Crippen LogP contribution < -0.4 is 10.2 Å². The van der Waals surface area contributed by atoms with E-state index in [2.05, 4.69) is 10.2 Å². The summed E-state index contributed by atoms with van der Waals surface area (Å²) in [6.45, 7) is 4.09. The molecule has 2 nitrogen and oxygen atoms in total. The maximum absolute atomic E-state index is 14.0. The molecule has 2 rings (SSSR count). The monoisotopic (exact) mass is 312 g/mol. The molecule has 1 N–H and O–H groups in total. The molecule has 20 heavy (non-hydrogen) atoms. The van der Waals surface area contributed by atoms with Crippen LogP contribution >= 0.6 is 22.9 Å². The second kappa shape index (κ2) is 7.07. The van der Waals surface area contributed by atoms with E-state index in [1.807, 2.05) is 32.2 Å². The van der Waals surface area contributed by atoms with Crippen LogP contribution in [0.3, 0.4) is 0 Å². The van der Waals surface area contributed by atoms with Gasteiger partial charge in [0.25, 0.3) is 0 Å². The van der Waals surface area contributed by atoms with Crippen molar-refractivity contribution in [2.45, 2.75) is 20.0 Å². The number of benzene rings is 1. The molecule has 0 fully saturated rings. The molecule has 0 unspecified atom stereocenters. The van der Waals surface area contributed by atoms with Crippen LogP contribution in [0.15, 0.2) is 30.3 Å². The summed E-state index contributed by atoms with van der Waals surface area (Å²) < 4.78 is 14.8. The molecule has 1 aromatic heterocycles. The van der Waals surface area contributed by atoms with Crippen LogP contribution in [-0.4, -0.2) is 13.6 Å². The Morgan fingerprint density at radius 2 is 2.10 bits per heavy atom. The first-order valence-electron chi connectivity index (χ1n) is 6.55. The van der Waals surface area contributed by atoms with Crippen molar-refractivity contribution in [2.75, 3.05) is 18.5 Å². The predicted octanol–water partition coefficient (Wildman–Crippen LogP) is 4.29. The smallest absolute Gasteiger partial charge is 0.129 e. The lowest BCUT2D eigenvalue weighted by atomic mass is 10.1. The van der Waals surface area contributed by atoms with Crippen molar-refractivity contribution >= 4 is 28.6 Å².